The summed E-state index contributed by atoms with van der Waals surface area (Å²) in [5.41, 5.74) is 10.4. The summed E-state index contributed by atoms with van der Waals surface area (Å²) >= 11 is 0. The van der Waals surface area contributed by atoms with Crippen LogP contribution in [0.5, 0.6) is 0 Å². The van der Waals surface area contributed by atoms with Gasteiger partial charge in [-0.15, -0.1) is 0 Å². The fourth-order valence-corrected chi connectivity index (χ4v) is 1.70. The van der Waals surface area contributed by atoms with Gasteiger partial charge in [-0.05, 0) is 6.42 Å². The van der Waals surface area contributed by atoms with Crippen molar-refractivity contribution in [2.75, 3.05) is 13.1 Å². The molecule has 1 heterocycles. The van der Waals surface area contributed by atoms with E-state index in [9.17, 15) is 14.4 Å². The molecule has 0 spiro atoms. The van der Waals surface area contributed by atoms with Crippen LogP contribution in [-0.4, -0.2) is 46.9 Å². The molecule has 90 valence electrons. The van der Waals surface area contributed by atoms with Crippen LogP contribution in [0.3, 0.4) is 0 Å². The minimum absolute atomic E-state index is 0.153. The zero-order valence-electron chi connectivity index (χ0n) is 8.76. The number of rotatable bonds is 4. The summed E-state index contributed by atoms with van der Waals surface area (Å²) in [4.78, 5) is 34.3. The molecule has 7 nitrogen and oxygen atoms in total. The average Bonchev–Trinajstić information content (AvgIpc) is 2.64. The van der Waals surface area contributed by atoms with Gasteiger partial charge in [-0.2, -0.15) is 0 Å². The molecule has 1 fully saturated rings. The van der Waals surface area contributed by atoms with Crippen molar-refractivity contribution in [3.63, 3.8) is 0 Å². The van der Waals surface area contributed by atoms with E-state index in [0.717, 1.165) is 0 Å². The number of nitrogens with two attached hydrogens (primary N) is 2. The van der Waals surface area contributed by atoms with Crippen molar-refractivity contribution in [1.29, 1.82) is 0 Å². The summed E-state index contributed by atoms with van der Waals surface area (Å²) in [6.07, 6.45) is 0.206. The van der Waals surface area contributed by atoms with Crippen molar-refractivity contribution in [3.05, 3.63) is 0 Å². The standard InChI is InChI=1S/C9H15N3O4/c10-6(3-7(11)13)8(14)12-2-1-5(4-12)9(15)16/h5-6H,1-4,10H2,(H2,11,13)(H,15,16). The molecule has 16 heavy (non-hydrogen) atoms. The third kappa shape index (κ3) is 2.93. The minimum Gasteiger partial charge on any atom is -0.481 e. The number of carbonyl (C=O) groups is 3. The number of hydrogen-bond acceptors (Lipinski definition) is 4. The second-order valence-electron chi connectivity index (χ2n) is 3.89. The van der Waals surface area contributed by atoms with Gasteiger partial charge in [0.2, 0.25) is 11.8 Å². The maximum Gasteiger partial charge on any atom is 0.308 e. The summed E-state index contributed by atoms with van der Waals surface area (Å²) in [5.74, 6) is -2.51. The molecule has 2 amide bonds. The van der Waals surface area contributed by atoms with Crippen molar-refractivity contribution in [1.82, 2.24) is 4.90 Å². The van der Waals surface area contributed by atoms with E-state index in [1.54, 1.807) is 0 Å². The number of carbonyl (C=O) groups excluding carboxylic acids is 2. The average molecular weight is 229 g/mol. The summed E-state index contributed by atoms with van der Waals surface area (Å²) in [6, 6.07) is -0.968. The topological polar surface area (TPSA) is 127 Å². The Morgan fingerprint density at radius 3 is 2.50 bits per heavy atom. The molecule has 5 N–H and O–H groups in total. The smallest absolute Gasteiger partial charge is 0.308 e. The molecule has 2 unspecified atom stereocenters. The van der Waals surface area contributed by atoms with Crippen LogP contribution in [0.15, 0.2) is 0 Å². The Kier molecular flexibility index (Phi) is 3.83. The van der Waals surface area contributed by atoms with Crippen molar-refractivity contribution in [2.24, 2.45) is 17.4 Å². The molecule has 1 saturated heterocycles. The third-order valence-corrected chi connectivity index (χ3v) is 2.59. The van der Waals surface area contributed by atoms with Crippen LogP contribution in [0, 0.1) is 5.92 Å². The Morgan fingerprint density at radius 1 is 1.44 bits per heavy atom. The van der Waals surface area contributed by atoms with Crippen molar-refractivity contribution >= 4 is 17.8 Å². The number of hydrogen-bond donors (Lipinski definition) is 3. The largest absolute Gasteiger partial charge is 0.481 e. The van der Waals surface area contributed by atoms with Crippen LogP contribution >= 0.6 is 0 Å². The highest BCUT2D eigenvalue weighted by atomic mass is 16.4. The number of primary amides is 1. The Bertz CT molecular complexity index is 318. The number of carboxylic acids is 1. The first-order valence-electron chi connectivity index (χ1n) is 4.97. The quantitative estimate of drug-likeness (QED) is 0.520. The van der Waals surface area contributed by atoms with E-state index < -0.39 is 29.7 Å². The minimum atomic E-state index is -0.968. The highest BCUT2D eigenvalue weighted by Crippen LogP contribution is 2.17. The fourth-order valence-electron chi connectivity index (χ4n) is 1.70. The van der Waals surface area contributed by atoms with Gasteiger partial charge in [-0.3, -0.25) is 14.4 Å². The Balaban J connectivity index is 2.50. The maximum absolute atomic E-state index is 11.6. The van der Waals surface area contributed by atoms with Crippen LogP contribution in [0.25, 0.3) is 0 Å². The molecule has 0 radical (unpaired) electrons. The summed E-state index contributed by atoms with van der Waals surface area (Å²) in [5, 5.41) is 8.75. The lowest BCUT2D eigenvalue weighted by Gasteiger charge is -2.19. The van der Waals surface area contributed by atoms with Crippen LogP contribution in [-0.2, 0) is 14.4 Å². The normalized spacial score (nSPS) is 21.8. The number of aliphatic carboxylic acids is 1. The van der Waals surface area contributed by atoms with Gasteiger partial charge >= 0.3 is 5.97 Å². The molecule has 0 aromatic rings. The van der Waals surface area contributed by atoms with Gasteiger partial charge in [0, 0.05) is 13.1 Å². The van der Waals surface area contributed by atoms with E-state index in [1.807, 2.05) is 0 Å². The second kappa shape index (κ2) is 4.93. The van der Waals surface area contributed by atoms with Gasteiger partial charge in [0.1, 0.15) is 0 Å². The van der Waals surface area contributed by atoms with E-state index in [-0.39, 0.29) is 13.0 Å². The lowest BCUT2D eigenvalue weighted by atomic mass is 10.1. The SMILES string of the molecule is NC(=O)CC(N)C(=O)N1CCC(C(=O)O)C1. The van der Waals surface area contributed by atoms with Crippen LogP contribution in [0.1, 0.15) is 12.8 Å². The molecule has 0 aliphatic carbocycles. The molecule has 0 aromatic carbocycles. The summed E-state index contributed by atoms with van der Waals surface area (Å²) in [6.45, 7) is 0.517. The third-order valence-electron chi connectivity index (χ3n) is 2.59. The van der Waals surface area contributed by atoms with E-state index in [2.05, 4.69) is 0 Å². The number of likely N-dealkylation sites (tertiary alicyclic amines) is 1. The van der Waals surface area contributed by atoms with Crippen molar-refractivity contribution in [2.45, 2.75) is 18.9 Å². The van der Waals surface area contributed by atoms with Gasteiger partial charge in [-0.25, -0.2) is 0 Å². The molecule has 2 atom stereocenters. The first-order chi connectivity index (χ1) is 7.41. The Labute approximate surface area is 92.4 Å². The van der Waals surface area contributed by atoms with Gasteiger partial charge < -0.3 is 21.5 Å². The highest BCUT2D eigenvalue weighted by Gasteiger charge is 2.33. The van der Waals surface area contributed by atoms with Crippen molar-refractivity contribution < 1.29 is 19.5 Å². The first-order valence-corrected chi connectivity index (χ1v) is 4.97. The van der Waals surface area contributed by atoms with Crippen LogP contribution < -0.4 is 11.5 Å². The van der Waals surface area contributed by atoms with Crippen LogP contribution in [0.4, 0.5) is 0 Å². The monoisotopic (exact) mass is 229 g/mol. The highest BCUT2D eigenvalue weighted by molar-refractivity contribution is 5.88. The zero-order chi connectivity index (χ0) is 12.3. The Hall–Kier alpha value is -1.63. The predicted octanol–water partition coefficient (Wildman–Crippen LogP) is -1.88. The van der Waals surface area contributed by atoms with Gasteiger partial charge in [0.15, 0.2) is 0 Å². The lowest BCUT2D eigenvalue weighted by molar-refractivity contribution is -0.141. The van der Waals surface area contributed by atoms with E-state index in [0.29, 0.717) is 13.0 Å². The van der Waals surface area contributed by atoms with Gasteiger partial charge in [0.05, 0.1) is 18.4 Å². The van der Waals surface area contributed by atoms with Crippen molar-refractivity contribution in [3.8, 4) is 0 Å². The summed E-state index contributed by atoms with van der Waals surface area (Å²) < 4.78 is 0. The Morgan fingerprint density at radius 2 is 2.06 bits per heavy atom. The van der Waals surface area contributed by atoms with E-state index in [1.165, 1.54) is 4.90 Å². The van der Waals surface area contributed by atoms with Crippen LogP contribution in [0.2, 0.25) is 0 Å². The number of carboxylic acid groups (broad SMARTS) is 1. The number of amides is 2. The van der Waals surface area contributed by atoms with E-state index >= 15 is 0 Å². The molecule has 1 aliphatic heterocycles. The maximum atomic E-state index is 11.6. The molecule has 1 aliphatic rings. The molecule has 7 heteroatoms. The zero-order valence-corrected chi connectivity index (χ0v) is 8.76. The molecule has 0 bridgehead atoms. The second-order valence-corrected chi connectivity index (χ2v) is 3.89. The molecular formula is C9H15N3O4. The van der Waals surface area contributed by atoms with Gasteiger partial charge in [0.25, 0.3) is 0 Å². The molecular weight excluding hydrogens is 214 g/mol. The molecule has 1 rings (SSSR count). The number of nitrogens with zero attached hydrogens (tertiary/aromatic N) is 1. The molecule has 0 aromatic heterocycles. The summed E-state index contributed by atoms with van der Waals surface area (Å²) in [7, 11) is 0. The van der Waals surface area contributed by atoms with E-state index in [4.69, 9.17) is 16.6 Å². The predicted molar refractivity (Wildman–Crippen MR) is 54.1 cm³/mol. The molecule has 0 saturated carbocycles. The lowest BCUT2D eigenvalue weighted by Crippen LogP contribution is -2.44. The van der Waals surface area contributed by atoms with Gasteiger partial charge in [-0.1, -0.05) is 0 Å². The fraction of sp³-hybridized carbons (Fsp3) is 0.667. The first kappa shape index (κ1) is 12.4.